The van der Waals surface area contributed by atoms with Crippen molar-refractivity contribution in [3.63, 3.8) is 0 Å². The van der Waals surface area contributed by atoms with Gasteiger partial charge < -0.3 is 15.2 Å². The first kappa shape index (κ1) is 14.1. The van der Waals surface area contributed by atoms with Gasteiger partial charge in [-0.25, -0.2) is 9.78 Å². The van der Waals surface area contributed by atoms with Crippen molar-refractivity contribution in [2.24, 2.45) is 0 Å². The summed E-state index contributed by atoms with van der Waals surface area (Å²) < 4.78 is 5.62. The largest absolute Gasteiger partial charge is 0.491 e. The van der Waals surface area contributed by atoms with Crippen molar-refractivity contribution in [3.8, 4) is 5.75 Å². The van der Waals surface area contributed by atoms with E-state index in [0.29, 0.717) is 18.6 Å². The maximum atomic E-state index is 12.2. The molecule has 6 heteroatoms. The number of nitrogens with zero attached hydrogens (tertiary/aromatic N) is 1. The number of amides is 1. The summed E-state index contributed by atoms with van der Waals surface area (Å²) in [5, 5.41) is 11.7. The number of hydrogen-bond donors (Lipinski definition) is 2. The van der Waals surface area contributed by atoms with Crippen LogP contribution in [0.25, 0.3) is 0 Å². The number of rotatable bonds is 3. The van der Waals surface area contributed by atoms with Crippen LogP contribution in [0.3, 0.4) is 0 Å². The van der Waals surface area contributed by atoms with Gasteiger partial charge in [0.1, 0.15) is 18.1 Å². The Bertz CT molecular complexity index is 712. The number of pyridine rings is 1. The molecular weight excluding hydrogens is 284 g/mol. The predicted octanol–water partition coefficient (Wildman–Crippen LogP) is 1.51. The minimum absolute atomic E-state index is 0.0912. The van der Waals surface area contributed by atoms with Gasteiger partial charge >= 0.3 is 5.97 Å². The summed E-state index contributed by atoms with van der Waals surface area (Å²) in [7, 11) is 0. The van der Waals surface area contributed by atoms with E-state index in [9.17, 15) is 9.59 Å². The minimum atomic E-state index is -1.12. The maximum absolute atomic E-state index is 12.2. The second-order valence-electron chi connectivity index (χ2n) is 5.03. The van der Waals surface area contributed by atoms with Gasteiger partial charge in [-0.2, -0.15) is 0 Å². The van der Waals surface area contributed by atoms with E-state index in [0.717, 1.165) is 11.3 Å². The number of benzene rings is 1. The molecule has 0 spiro atoms. The second-order valence-corrected chi connectivity index (χ2v) is 5.03. The zero-order valence-corrected chi connectivity index (χ0v) is 11.7. The van der Waals surface area contributed by atoms with E-state index in [4.69, 9.17) is 9.84 Å². The van der Waals surface area contributed by atoms with Crippen LogP contribution in [0.1, 0.15) is 26.4 Å². The molecule has 0 bridgehead atoms. The van der Waals surface area contributed by atoms with Crippen LogP contribution in [-0.2, 0) is 6.42 Å². The first-order valence-electron chi connectivity index (χ1n) is 6.84. The molecule has 0 unspecified atom stereocenters. The first-order valence-corrected chi connectivity index (χ1v) is 6.84. The minimum Gasteiger partial charge on any atom is -0.491 e. The molecule has 2 heterocycles. The molecule has 0 aliphatic carbocycles. The molecule has 1 aliphatic rings. The molecule has 2 N–H and O–H groups in total. The normalized spacial score (nSPS) is 16.3. The summed E-state index contributed by atoms with van der Waals surface area (Å²) in [5.74, 6) is -0.567. The number of hydrogen-bond acceptors (Lipinski definition) is 4. The van der Waals surface area contributed by atoms with E-state index in [1.165, 1.54) is 18.3 Å². The fraction of sp³-hybridized carbons (Fsp3) is 0.188. The number of fused-ring (bicyclic) bond motifs is 1. The van der Waals surface area contributed by atoms with Gasteiger partial charge in [-0.3, -0.25) is 4.79 Å². The SMILES string of the molecule is O=C(N[C@@H]1COc2ccccc2C1)c1ccc(C(=O)O)nc1. The summed E-state index contributed by atoms with van der Waals surface area (Å²) >= 11 is 0. The third kappa shape index (κ3) is 2.90. The Morgan fingerprint density at radius 2 is 2.05 bits per heavy atom. The molecule has 1 aliphatic heterocycles. The van der Waals surface area contributed by atoms with Gasteiger partial charge in [0.2, 0.25) is 0 Å². The van der Waals surface area contributed by atoms with Gasteiger partial charge in [-0.05, 0) is 30.2 Å². The lowest BCUT2D eigenvalue weighted by atomic mass is 10.0. The van der Waals surface area contributed by atoms with Crippen LogP contribution in [-0.4, -0.2) is 34.6 Å². The van der Waals surface area contributed by atoms with Gasteiger partial charge in [0.05, 0.1) is 11.6 Å². The topological polar surface area (TPSA) is 88.5 Å². The highest BCUT2D eigenvalue weighted by Crippen LogP contribution is 2.23. The standard InChI is InChI=1S/C16H14N2O4/c19-15(11-5-6-13(16(20)21)17-8-11)18-12-7-10-3-1-2-4-14(10)22-9-12/h1-6,8,12H,7,9H2,(H,18,19)(H,20,21)/t12-/m0/s1. The molecule has 2 aromatic rings. The van der Waals surface area contributed by atoms with Gasteiger partial charge in [-0.1, -0.05) is 18.2 Å². The molecule has 0 saturated carbocycles. The lowest BCUT2D eigenvalue weighted by Gasteiger charge is -2.26. The van der Waals surface area contributed by atoms with Crippen LogP contribution in [0.4, 0.5) is 0 Å². The second kappa shape index (κ2) is 5.85. The number of carboxylic acid groups (broad SMARTS) is 1. The summed E-state index contributed by atoms with van der Waals surface area (Å²) in [4.78, 5) is 26.6. The van der Waals surface area contributed by atoms with Crippen molar-refractivity contribution in [3.05, 3.63) is 59.4 Å². The summed E-state index contributed by atoms with van der Waals surface area (Å²) in [6.45, 7) is 0.406. The van der Waals surface area contributed by atoms with Crippen molar-refractivity contribution < 1.29 is 19.4 Å². The molecule has 22 heavy (non-hydrogen) atoms. The first-order chi connectivity index (χ1) is 10.6. The third-order valence-corrected chi connectivity index (χ3v) is 3.46. The lowest BCUT2D eigenvalue weighted by Crippen LogP contribution is -2.42. The summed E-state index contributed by atoms with van der Waals surface area (Å²) in [6.07, 6.45) is 1.96. The molecule has 0 saturated heterocycles. The van der Waals surface area contributed by atoms with Gasteiger partial charge in [0.15, 0.2) is 0 Å². The number of aromatic nitrogens is 1. The molecule has 1 amide bonds. The molecule has 0 radical (unpaired) electrons. The molecule has 1 atom stereocenters. The Morgan fingerprint density at radius 1 is 1.23 bits per heavy atom. The van der Waals surface area contributed by atoms with Gasteiger partial charge in [-0.15, -0.1) is 0 Å². The van der Waals surface area contributed by atoms with Crippen molar-refractivity contribution >= 4 is 11.9 Å². The predicted molar refractivity (Wildman–Crippen MR) is 78.1 cm³/mol. The average Bonchev–Trinajstić information content (AvgIpc) is 2.55. The molecule has 112 valence electrons. The Morgan fingerprint density at radius 3 is 2.77 bits per heavy atom. The number of carbonyl (C=O) groups is 2. The van der Waals surface area contributed by atoms with Crippen LogP contribution in [0.5, 0.6) is 5.75 Å². The Balaban J connectivity index is 1.66. The van der Waals surface area contributed by atoms with Gasteiger partial charge in [0.25, 0.3) is 5.91 Å². The number of carbonyl (C=O) groups excluding carboxylic acids is 1. The van der Waals surface area contributed by atoms with E-state index < -0.39 is 5.97 Å². The highest BCUT2D eigenvalue weighted by Gasteiger charge is 2.21. The van der Waals surface area contributed by atoms with Crippen LogP contribution < -0.4 is 10.1 Å². The number of carboxylic acids is 1. The van der Waals surface area contributed by atoms with Crippen molar-refractivity contribution in [2.45, 2.75) is 12.5 Å². The van der Waals surface area contributed by atoms with E-state index in [1.807, 2.05) is 24.3 Å². The monoisotopic (exact) mass is 298 g/mol. The van der Waals surface area contributed by atoms with Gasteiger partial charge in [0, 0.05) is 6.20 Å². The van der Waals surface area contributed by atoms with Crippen LogP contribution in [0, 0.1) is 0 Å². The lowest BCUT2D eigenvalue weighted by molar-refractivity contribution is 0.0689. The smallest absolute Gasteiger partial charge is 0.354 e. The summed E-state index contributed by atoms with van der Waals surface area (Å²) in [6, 6.07) is 10.3. The number of para-hydroxylation sites is 1. The Labute approximate surface area is 126 Å². The van der Waals surface area contributed by atoms with E-state index >= 15 is 0 Å². The average molecular weight is 298 g/mol. The molecule has 3 rings (SSSR count). The highest BCUT2D eigenvalue weighted by molar-refractivity contribution is 5.95. The van der Waals surface area contributed by atoms with E-state index in [-0.39, 0.29) is 17.6 Å². The zero-order valence-electron chi connectivity index (χ0n) is 11.7. The third-order valence-electron chi connectivity index (χ3n) is 3.46. The van der Waals surface area contributed by atoms with Crippen LogP contribution in [0.15, 0.2) is 42.6 Å². The van der Waals surface area contributed by atoms with Crippen LogP contribution in [0.2, 0.25) is 0 Å². The maximum Gasteiger partial charge on any atom is 0.354 e. The summed E-state index contributed by atoms with van der Waals surface area (Å²) in [5.41, 5.74) is 1.29. The molecule has 6 nitrogen and oxygen atoms in total. The van der Waals surface area contributed by atoms with E-state index in [1.54, 1.807) is 0 Å². The quantitative estimate of drug-likeness (QED) is 0.896. The number of aromatic carboxylic acids is 1. The van der Waals surface area contributed by atoms with Crippen molar-refractivity contribution in [1.82, 2.24) is 10.3 Å². The molecule has 1 aromatic carbocycles. The zero-order chi connectivity index (χ0) is 15.5. The Kier molecular flexibility index (Phi) is 3.74. The molecule has 0 fully saturated rings. The van der Waals surface area contributed by atoms with Crippen molar-refractivity contribution in [1.29, 1.82) is 0 Å². The number of nitrogens with one attached hydrogen (secondary N) is 1. The van der Waals surface area contributed by atoms with E-state index in [2.05, 4.69) is 10.3 Å². The fourth-order valence-electron chi connectivity index (χ4n) is 2.34. The fourth-order valence-corrected chi connectivity index (χ4v) is 2.34. The number of ether oxygens (including phenoxy) is 1. The molecule has 1 aromatic heterocycles. The molecular formula is C16H14N2O4. The van der Waals surface area contributed by atoms with Crippen LogP contribution >= 0.6 is 0 Å². The Hall–Kier alpha value is -2.89. The van der Waals surface area contributed by atoms with Crippen molar-refractivity contribution in [2.75, 3.05) is 6.61 Å². The highest BCUT2D eigenvalue weighted by atomic mass is 16.5.